The molecule has 1 aromatic rings. The van der Waals surface area contributed by atoms with Gasteiger partial charge in [-0.1, -0.05) is 0 Å². The highest BCUT2D eigenvalue weighted by molar-refractivity contribution is 5.47. The molecular formula is C7H9FN2O. The summed E-state index contributed by atoms with van der Waals surface area (Å²) >= 11 is 0. The van der Waals surface area contributed by atoms with Gasteiger partial charge in [0.15, 0.2) is 0 Å². The molecule has 0 aromatic carbocycles. The topological polar surface area (TPSA) is 48.1 Å². The lowest BCUT2D eigenvalue weighted by atomic mass is 10.4. The van der Waals surface area contributed by atoms with E-state index in [1.165, 1.54) is 6.07 Å². The molecule has 2 N–H and O–H groups in total. The van der Waals surface area contributed by atoms with Crippen molar-refractivity contribution in [2.45, 2.75) is 6.92 Å². The van der Waals surface area contributed by atoms with Crippen molar-refractivity contribution in [2.75, 3.05) is 12.3 Å². The number of nitrogens with zero attached hydrogens (tertiary/aromatic N) is 1. The summed E-state index contributed by atoms with van der Waals surface area (Å²) in [6.07, 6.45) is 1.07. The van der Waals surface area contributed by atoms with Gasteiger partial charge < -0.3 is 10.5 Å². The molecule has 0 fully saturated rings. The quantitative estimate of drug-likeness (QED) is 0.699. The van der Waals surface area contributed by atoms with E-state index in [4.69, 9.17) is 10.5 Å². The van der Waals surface area contributed by atoms with Gasteiger partial charge in [0.1, 0.15) is 5.82 Å². The molecule has 0 atom stereocenters. The molecule has 1 heterocycles. The number of hydrogen-bond donors (Lipinski definition) is 1. The number of nitrogen functional groups attached to an aromatic ring is 1. The Morgan fingerprint density at radius 2 is 2.45 bits per heavy atom. The van der Waals surface area contributed by atoms with Gasteiger partial charge in [-0.3, -0.25) is 0 Å². The highest BCUT2D eigenvalue weighted by Gasteiger charge is 2.01. The van der Waals surface area contributed by atoms with Crippen LogP contribution < -0.4 is 10.5 Å². The third-order valence-corrected chi connectivity index (χ3v) is 1.13. The van der Waals surface area contributed by atoms with Crippen LogP contribution in [0.2, 0.25) is 0 Å². The van der Waals surface area contributed by atoms with E-state index in [0.717, 1.165) is 6.20 Å². The Bertz CT molecular complexity index is 252. The molecule has 0 bridgehead atoms. The van der Waals surface area contributed by atoms with Crippen molar-refractivity contribution in [3.05, 3.63) is 18.1 Å². The van der Waals surface area contributed by atoms with Gasteiger partial charge in [0.2, 0.25) is 5.88 Å². The zero-order valence-electron chi connectivity index (χ0n) is 6.17. The van der Waals surface area contributed by atoms with Gasteiger partial charge in [0.25, 0.3) is 0 Å². The van der Waals surface area contributed by atoms with E-state index in [9.17, 15) is 4.39 Å². The van der Waals surface area contributed by atoms with Crippen molar-refractivity contribution in [1.29, 1.82) is 0 Å². The van der Waals surface area contributed by atoms with Crippen LogP contribution in [-0.2, 0) is 0 Å². The van der Waals surface area contributed by atoms with E-state index in [1.54, 1.807) is 0 Å². The molecule has 4 heteroatoms. The molecule has 0 radical (unpaired) electrons. The molecule has 60 valence electrons. The van der Waals surface area contributed by atoms with Crippen LogP contribution in [-0.4, -0.2) is 11.6 Å². The number of ether oxygens (including phenoxy) is 1. The number of pyridine rings is 1. The number of rotatable bonds is 2. The zero-order chi connectivity index (χ0) is 8.27. The van der Waals surface area contributed by atoms with Crippen LogP contribution in [0.3, 0.4) is 0 Å². The number of aromatic nitrogens is 1. The lowest BCUT2D eigenvalue weighted by molar-refractivity contribution is 0.328. The molecular weight excluding hydrogens is 147 g/mol. The SMILES string of the molecule is CCOc1ncc(F)cc1N. The maximum atomic E-state index is 12.4. The fourth-order valence-corrected chi connectivity index (χ4v) is 0.700. The summed E-state index contributed by atoms with van der Waals surface area (Å²) < 4.78 is 17.4. The molecule has 1 rings (SSSR count). The summed E-state index contributed by atoms with van der Waals surface area (Å²) in [6, 6.07) is 1.18. The Kier molecular flexibility index (Phi) is 2.25. The summed E-state index contributed by atoms with van der Waals surface area (Å²) in [6.45, 7) is 2.29. The average molecular weight is 156 g/mol. The second kappa shape index (κ2) is 3.18. The van der Waals surface area contributed by atoms with Crippen LogP contribution in [0.15, 0.2) is 12.3 Å². The Balaban J connectivity index is 2.90. The zero-order valence-corrected chi connectivity index (χ0v) is 6.17. The molecule has 0 aliphatic heterocycles. The Labute approximate surface area is 64.0 Å². The van der Waals surface area contributed by atoms with Crippen LogP contribution in [0.25, 0.3) is 0 Å². The predicted octanol–water partition coefficient (Wildman–Crippen LogP) is 1.20. The third kappa shape index (κ3) is 1.80. The molecule has 0 aliphatic rings. The summed E-state index contributed by atoms with van der Waals surface area (Å²) in [4.78, 5) is 3.65. The van der Waals surface area contributed by atoms with E-state index >= 15 is 0 Å². The Hall–Kier alpha value is -1.32. The van der Waals surface area contributed by atoms with E-state index < -0.39 is 5.82 Å². The molecule has 0 saturated heterocycles. The second-order valence-corrected chi connectivity index (χ2v) is 1.98. The van der Waals surface area contributed by atoms with Gasteiger partial charge in [0.05, 0.1) is 18.5 Å². The first-order chi connectivity index (χ1) is 5.24. The van der Waals surface area contributed by atoms with Crippen molar-refractivity contribution in [2.24, 2.45) is 0 Å². The minimum Gasteiger partial charge on any atom is -0.477 e. The largest absolute Gasteiger partial charge is 0.477 e. The third-order valence-electron chi connectivity index (χ3n) is 1.13. The van der Waals surface area contributed by atoms with Crippen LogP contribution in [0.5, 0.6) is 5.88 Å². The molecule has 0 unspecified atom stereocenters. The van der Waals surface area contributed by atoms with E-state index in [-0.39, 0.29) is 11.6 Å². The van der Waals surface area contributed by atoms with Crippen molar-refractivity contribution >= 4 is 5.69 Å². The summed E-state index contributed by atoms with van der Waals surface area (Å²) in [5.41, 5.74) is 5.61. The number of halogens is 1. The lowest BCUT2D eigenvalue weighted by Crippen LogP contribution is -1.99. The number of nitrogens with two attached hydrogens (primary N) is 1. The fraction of sp³-hybridized carbons (Fsp3) is 0.286. The van der Waals surface area contributed by atoms with Crippen molar-refractivity contribution < 1.29 is 9.13 Å². The Morgan fingerprint density at radius 1 is 1.73 bits per heavy atom. The van der Waals surface area contributed by atoms with Crippen LogP contribution in [0.1, 0.15) is 6.92 Å². The van der Waals surface area contributed by atoms with E-state index in [1.807, 2.05) is 6.92 Å². The van der Waals surface area contributed by atoms with Crippen LogP contribution >= 0.6 is 0 Å². The summed E-state index contributed by atoms with van der Waals surface area (Å²) in [5, 5.41) is 0. The van der Waals surface area contributed by atoms with Gasteiger partial charge in [-0.05, 0) is 6.92 Å². The Morgan fingerprint density at radius 3 is 3.00 bits per heavy atom. The van der Waals surface area contributed by atoms with E-state index in [2.05, 4.69) is 4.98 Å². The van der Waals surface area contributed by atoms with Crippen LogP contribution in [0, 0.1) is 5.82 Å². The van der Waals surface area contributed by atoms with Crippen LogP contribution in [0.4, 0.5) is 10.1 Å². The monoisotopic (exact) mass is 156 g/mol. The highest BCUT2D eigenvalue weighted by atomic mass is 19.1. The fourth-order valence-electron chi connectivity index (χ4n) is 0.700. The first-order valence-electron chi connectivity index (χ1n) is 3.28. The average Bonchev–Trinajstić information content (AvgIpc) is 1.95. The molecule has 3 nitrogen and oxygen atoms in total. The number of hydrogen-bond acceptors (Lipinski definition) is 3. The molecule has 1 aromatic heterocycles. The van der Waals surface area contributed by atoms with E-state index in [0.29, 0.717) is 6.61 Å². The minimum atomic E-state index is -0.453. The summed E-state index contributed by atoms with van der Waals surface area (Å²) in [7, 11) is 0. The maximum Gasteiger partial charge on any atom is 0.237 e. The van der Waals surface area contributed by atoms with Gasteiger partial charge >= 0.3 is 0 Å². The van der Waals surface area contributed by atoms with Crippen molar-refractivity contribution in [3.63, 3.8) is 0 Å². The predicted molar refractivity (Wildman–Crippen MR) is 39.8 cm³/mol. The minimum absolute atomic E-state index is 0.229. The van der Waals surface area contributed by atoms with Crippen molar-refractivity contribution in [3.8, 4) is 5.88 Å². The molecule has 0 spiro atoms. The number of anilines is 1. The molecule has 11 heavy (non-hydrogen) atoms. The second-order valence-electron chi connectivity index (χ2n) is 1.98. The van der Waals surface area contributed by atoms with Gasteiger partial charge in [-0.2, -0.15) is 0 Å². The van der Waals surface area contributed by atoms with Gasteiger partial charge in [-0.15, -0.1) is 0 Å². The highest BCUT2D eigenvalue weighted by Crippen LogP contribution is 2.17. The standard InChI is InChI=1S/C7H9FN2O/c1-2-11-7-6(9)3-5(8)4-10-7/h3-4H,2,9H2,1H3. The van der Waals surface area contributed by atoms with Crippen molar-refractivity contribution in [1.82, 2.24) is 4.98 Å². The smallest absolute Gasteiger partial charge is 0.237 e. The van der Waals surface area contributed by atoms with Gasteiger partial charge in [0, 0.05) is 6.07 Å². The summed E-state index contributed by atoms with van der Waals surface area (Å²) in [5.74, 6) is -0.167. The first kappa shape index (κ1) is 7.78. The maximum absolute atomic E-state index is 12.4. The molecule has 0 amide bonds. The molecule has 0 saturated carbocycles. The molecule has 0 aliphatic carbocycles. The van der Waals surface area contributed by atoms with Gasteiger partial charge in [-0.25, -0.2) is 9.37 Å². The normalized spacial score (nSPS) is 9.64. The first-order valence-corrected chi connectivity index (χ1v) is 3.28. The lowest BCUT2D eigenvalue weighted by Gasteiger charge is -2.03.